The summed E-state index contributed by atoms with van der Waals surface area (Å²) < 4.78 is 18.9. The molecule has 17 heavy (non-hydrogen) atoms. The van der Waals surface area contributed by atoms with Gasteiger partial charge in [-0.2, -0.15) is 5.26 Å². The molecule has 1 heterocycles. The molecule has 0 bridgehead atoms. The zero-order valence-corrected chi connectivity index (χ0v) is 10.1. The lowest BCUT2D eigenvalue weighted by Crippen LogP contribution is -1.89. The monoisotopic (exact) mass is 292 g/mol. The topological polar surface area (TPSA) is 45.9 Å². The number of ether oxygens (including phenoxy) is 1. The van der Waals surface area contributed by atoms with Crippen LogP contribution in [-0.2, 0) is 0 Å². The Morgan fingerprint density at radius 1 is 1.29 bits per heavy atom. The Bertz CT molecular complexity index is 578. The lowest BCUT2D eigenvalue weighted by molar-refractivity contribution is 0.457. The lowest BCUT2D eigenvalue weighted by Gasteiger charge is -2.04. The fourth-order valence-corrected chi connectivity index (χ4v) is 1.41. The van der Waals surface area contributed by atoms with Crippen molar-refractivity contribution in [3.05, 3.63) is 52.4 Å². The minimum absolute atomic E-state index is 0.311. The van der Waals surface area contributed by atoms with Gasteiger partial charge in [0.1, 0.15) is 17.6 Å². The third-order valence-electron chi connectivity index (χ3n) is 1.98. The number of benzene rings is 1. The molecule has 0 aliphatic heterocycles. The molecule has 0 spiro atoms. The SMILES string of the molecule is N#Cc1ccc(Oc2ccc(Br)c(F)c2)nc1. The minimum atomic E-state index is -0.406. The van der Waals surface area contributed by atoms with Gasteiger partial charge in [0.25, 0.3) is 0 Å². The van der Waals surface area contributed by atoms with Gasteiger partial charge in [0.15, 0.2) is 0 Å². The molecular formula is C12H6BrFN2O. The number of aromatic nitrogens is 1. The van der Waals surface area contributed by atoms with Gasteiger partial charge in [-0.05, 0) is 34.1 Å². The van der Waals surface area contributed by atoms with Gasteiger partial charge < -0.3 is 4.74 Å². The number of hydrogen-bond donors (Lipinski definition) is 0. The van der Waals surface area contributed by atoms with Crippen LogP contribution in [-0.4, -0.2) is 4.98 Å². The van der Waals surface area contributed by atoms with Crippen molar-refractivity contribution in [1.82, 2.24) is 4.98 Å². The van der Waals surface area contributed by atoms with Crippen LogP contribution < -0.4 is 4.74 Å². The van der Waals surface area contributed by atoms with Gasteiger partial charge in [-0.15, -0.1) is 0 Å². The van der Waals surface area contributed by atoms with Crippen LogP contribution in [0.1, 0.15) is 5.56 Å². The molecule has 1 aromatic heterocycles. The van der Waals surface area contributed by atoms with E-state index in [4.69, 9.17) is 10.00 Å². The normalized spacial score (nSPS) is 9.71. The van der Waals surface area contributed by atoms with Crippen LogP contribution >= 0.6 is 15.9 Å². The average molecular weight is 293 g/mol. The number of hydrogen-bond acceptors (Lipinski definition) is 3. The predicted molar refractivity (Wildman–Crippen MR) is 63.1 cm³/mol. The van der Waals surface area contributed by atoms with E-state index in [9.17, 15) is 4.39 Å². The van der Waals surface area contributed by atoms with E-state index in [0.29, 0.717) is 21.7 Å². The molecule has 0 saturated carbocycles. The zero-order valence-electron chi connectivity index (χ0n) is 8.52. The summed E-state index contributed by atoms with van der Waals surface area (Å²) in [5, 5.41) is 8.60. The smallest absolute Gasteiger partial charge is 0.219 e. The van der Waals surface area contributed by atoms with Crippen LogP contribution in [0.2, 0.25) is 0 Å². The first-order valence-corrected chi connectivity index (χ1v) is 5.47. The number of halogens is 2. The van der Waals surface area contributed by atoms with Crippen molar-refractivity contribution in [1.29, 1.82) is 5.26 Å². The van der Waals surface area contributed by atoms with Crippen LogP contribution in [0.15, 0.2) is 41.0 Å². The molecule has 1 aromatic carbocycles. The number of nitriles is 1. The quantitative estimate of drug-likeness (QED) is 0.849. The fraction of sp³-hybridized carbons (Fsp3) is 0. The van der Waals surface area contributed by atoms with E-state index in [1.54, 1.807) is 24.3 Å². The van der Waals surface area contributed by atoms with Crippen molar-refractivity contribution in [2.24, 2.45) is 0 Å². The van der Waals surface area contributed by atoms with E-state index in [1.807, 2.05) is 6.07 Å². The van der Waals surface area contributed by atoms with Crippen LogP contribution in [0.4, 0.5) is 4.39 Å². The standard InChI is InChI=1S/C12H6BrFN2O/c13-10-3-2-9(5-11(10)14)17-12-4-1-8(6-15)7-16-12/h1-5,7H. The molecule has 0 aliphatic rings. The minimum Gasteiger partial charge on any atom is -0.439 e. The summed E-state index contributed by atoms with van der Waals surface area (Å²) in [4.78, 5) is 3.92. The second-order valence-electron chi connectivity index (χ2n) is 3.17. The van der Waals surface area contributed by atoms with Crippen LogP contribution in [0.25, 0.3) is 0 Å². The van der Waals surface area contributed by atoms with Crippen LogP contribution in [0.3, 0.4) is 0 Å². The summed E-state index contributed by atoms with van der Waals surface area (Å²) in [6.45, 7) is 0. The molecule has 0 fully saturated rings. The molecule has 0 saturated heterocycles. The Morgan fingerprint density at radius 3 is 2.71 bits per heavy atom. The van der Waals surface area contributed by atoms with E-state index in [1.165, 1.54) is 12.3 Å². The first kappa shape index (κ1) is 11.6. The molecule has 2 aromatic rings. The molecule has 2 rings (SSSR count). The molecular weight excluding hydrogens is 287 g/mol. The molecule has 0 N–H and O–H groups in total. The van der Waals surface area contributed by atoms with Gasteiger partial charge in [0.05, 0.1) is 10.0 Å². The molecule has 0 radical (unpaired) electrons. The van der Waals surface area contributed by atoms with Crippen LogP contribution in [0, 0.1) is 17.1 Å². The van der Waals surface area contributed by atoms with Crippen molar-refractivity contribution in [3.63, 3.8) is 0 Å². The van der Waals surface area contributed by atoms with Gasteiger partial charge >= 0.3 is 0 Å². The highest BCUT2D eigenvalue weighted by Crippen LogP contribution is 2.24. The lowest BCUT2D eigenvalue weighted by atomic mass is 10.3. The maximum absolute atomic E-state index is 13.2. The Kier molecular flexibility index (Phi) is 3.35. The molecule has 0 atom stereocenters. The number of rotatable bonds is 2. The fourth-order valence-electron chi connectivity index (χ4n) is 1.17. The van der Waals surface area contributed by atoms with E-state index in [2.05, 4.69) is 20.9 Å². The summed E-state index contributed by atoms with van der Waals surface area (Å²) >= 11 is 3.05. The van der Waals surface area contributed by atoms with Crippen molar-refractivity contribution in [2.45, 2.75) is 0 Å². The summed E-state index contributed by atoms with van der Waals surface area (Å²) in [7, 11) is 0. The Morgan fingerprint density at radius 2 is 2.12 bits per heavy atom. The van der Waals surface area contributed by atoms with Gasteiger partial charge in [0, 0.05) is 18.3 Å². The first-order valence-electron chi connectivity index (χ1n) is 4.68. The van der Waals surface area contributed by atoms with Gasteiger partial charge in [-0.25, -0.2) is 9.37 Å². The average Bonchev–Trinajstić information content (AvgIpc) is 2.35. The predicted octanol–water partition coefficient (Wildman–Crippen LogP) is 3.65. The third-order valence-corrected chi connectivity index (χ3v) is 2.62. The number of nitrogens with zero attached hydrogens (tertiary/aromatic N) is 2. The second-order valence-corrected chi connectivity index (χ2v) is 4.03. The molecule has 0 unspecified atom stereocenters. The van der Waals surface area contributed by atoms with Crippen molar-refractivity contribution in [3.8, 4) is 17.7 Å². The highest BCUT2D eigenvalue weighted by atomic mass is 79.9. The summed E-state index contributed by atoms with van der Waals surface area (Å²) in [6.07, 6.45) is 1.39. The third kappa shape index (κ3) is 2.80. The Labute approximate surface area is 106 Å². The maximum Gasteiger partial charge on any atom is 0.219 e. The van der Waals surface area contributed by atoms with E-state index in [-0.39, 0.29) is 0 Å². The van der Waals surface area contributed by atoms with E-state index >= 15 is 0 Å². The van der Waals surface area contributed by atoms with E-state index < -0.39 is 5.82 Å². The molecule has 0 aliphatic carbocycles. The van der Waals surface area contributed by atoms with Crippen molar-refractivity contribution in [2.75, 3.05) is 0 Å². The van der Waals surface area contributed by atoms with Crippen molar-refractivity contribution >= 4 is 15.9 Å². The van der Waals surface area contributed by atoms with Gasteiger partial charge in [-0.1, -0.05) is 0 Å². The van der Waals surface area contributed by atoms with Crippen molar-refractivity contribution < 1.29 is 9.13 Å². The van der Waals surface area contributed by atoms with Gasteiger partial charge in [-0.3, -0.25) is 0 Å². The first-order chi connectivity index (χ1) is 8.19. The summed E-state index contributed by atoms with van der Waals surface area (Å²) in [5.41, 5.74) is 0.444. The number of pyridine rings is 1. The molecule has 0 amide bonds. The highest BCUT2D eigenvalue weighted by Gasteiger charge is 2.03. The molecule has 84 valence electrons. The van der Waals surface area contributed by atoms with Crippen LogP contribution in [0.5, 0.6) is 11.6 Å². The Hall–Kier alpha value is -1.93. The summed E-state index contributed by atoms with van der Waals surface area (Å²) in [5.74, 6) is 0.254. The summed E-state index contributed by atoms with van der Waals surface area (Å²) in [6, 6.07) is 9.51. The zero-order chi connectivity index (χ0) is 12.3. The largest absolute Gasteiger partial charge is 0.439 e. The Balaban J connectivity index is 2.20. The molecule has 5 heteroatoms. The van der Waals surface area contributed by atoms with Gasteiger partial charge in [0.2, 0.25) is 5.88 Å². The highest BCUT2D eigenvalue weighted by molar-refractivity contribution is 9.10. The maximum atomic E-state index is 13.2. The van der Waals surface area contributed by atoms with E-state index in [0.717, 1.165) is 0 Å². The molecule has 3 nitrogen and oxygen atoms in total. The second kappa shape index (κ2) is 4.93.